The van der Waals surface area contributed by atoms with Crippen LogP contribution in [0, 0.1) is 11.8 Å². The molecule has 266 valence electrons. The van der Waals surface area contributed by atoms with Crippen molar-refractivity contribution in [3.8, 4) is 0 Å². The second-order valence-electron chi connectivity index (χ2n) is 13.8. The van der Waals surface area contributed by atoms with Gasteiger partial charge in [0.1, 0.15) is 6.10 Å². The normalized spacial score (nSPS) is 20.8. The van der Waals surface area contributed by atoms with Crippen LogP contribution >= 0.6 is 0 Å². The molecule has 0 aromatic heterocycles. The Labute approximate surface area is 282 Å². The lowest BCUT2D eigenvalue weighted by atomic mass is 9.85. The van der Waals surface area contributed by atoms with Crippen LogP contribution in [0.2, 0.25) is 0 Å². The van der Waals surface area contributed by atoms with Gasteiger partial charge in [0.15, 0.2) is 0 Å². The van der Waals surface area contributed by atoms with Gasteiger partial charge < -0.3 is 19.7 Å². The third kappa shape index (κ3) is 19.7. The monoisotopic (exact) mass is 647 g/mol. The number of carbonyl (C=O) groups excluding carboxylic acids is 2. The van der Waals surface area contributed by atoms with Gasteiger partial charge in [0.2, 0.25) is 0 Å². The van der Waals surface area contributed by atoms with Gasteiger partial charge in [-0.15, -0.1) is 6.58 Å². The minimum atomic E-state index is -0.560. The minimum Gasteiger partial charge on any atom is -0.463 e. The zero-order valence-corrected chi connectivity index (χ0v) is 30.1. The summed E-state index contributed by atoms with van der Waals surface area (Å²) in [6, 6.07) is 0. The van der Waals surface area contributed by atoms with Crippen molar-refractivity contribution in [3.63, 3.8) is 0 Å². The molecule has 1 saturated carbocycles. The Morgan fingerprint density at radius 3 is 2.24 bits per heavy atom. The number of ether oxygens (including phenoxy) is 2. The fourth-order valence-corrected chi connectivity index (χ4v) is 6.54. The number of esters is 2. The van der Waals surface area contributed by atoms with E-state index in [0.717, 1.165) is 95.5 Å². The molecule has 0 saturated heterocycles. The molecule has 0 radical (unpaired) electrons. The van der Waals surface area contributed by atoms with Crippen LogP contribution in [0.15, 0.2) is 36.5 Å². The molecule has 6 heteroatoms. The molecule has 5 atom stereocenters. The van der Waals surface area contributed by atoms with Crippen molar-refractivity contribution in [2.45, 2.75) is 193 Å². The van der Waals surface area contributed by atoms with E-state index >= 15 is 0 Å². The summed E-state index contributed by atoms with van der Waals surface area (Å²) in [5.74, 6) is -0.438. The lowest BCUT2D eigenvalue weighted by Gasteiger charge is -2.26. The molecule has 1 fully saturated rings. The highest BCUT2D eigenvalue weighted by molar-refractivity contribution is 5.88. The number of allylic oxidation sites excluding steroid dienone is 4. The standard InChI is InChI=1S/C40H70O6/c1-6-9-12-14-16-21-25-33(24-20-15-13-10-7-2)40(44)46-38-31-37(42)35(36(38)30-29-34(41)26-19-11-8-3)27-22-17-18-23-28-39(43)45-32(4)5/h7,17,22,24,32,34-38,41-42H,2,6,8-16,18-21,23,25-31H2,1,3-5H3/b22-17-,33-24-/t34-,35+,36+,37-,38+/m0/s1. The molecule has 1 rings (SSSR count). The van der Waals surface area contributed by atoms with Crippen molar-refractivity contribution < 1.29 is 29.3 Å². The van der Waals surface area contributed by atoms with E-state index in [1.807, 2.05) is 19.9 Å². The number of carbonyl (C=O) groups is 2. The summed E-state index contributed by atoms with van der Waals surface area (Å²) >= 11 is 0. The summed E-state index contributed by atoms with van der Waals surface area (Å²) in [5.41, 5.74) is 0.779. The summed E-state index contributed by atoms with van der Waals surface area (Å²) in [6.07, 6.45) is 26.9. The molecule has 1 aliphatic carbocycles. The summed E-state index contributed by atoms with van der Waals surface area (Å²) < 4.78 is 11.5. The summed E-state index contributed by atoms with van der Waals surface area (Å²) in [6.45, 7) is 11.9. The first kappa shape index (κ1) is 42.1. The molecule has 1 aliphatic rings. The number of rotatable bonds is 28. The maximum Gasteiger partial charge on any atom is 0.333 e. The van der Waals surface area contributed by atoms with E-state index in [9.17, 15) is 19.8 Å². The Hall–Kier alpha value is -1.92. The van der Waals surface area contributed by atoms with Crippen LogP contribution in [-0.2, 0) is 19.1 Å². The molecule has 0 aliphatic heterocycles. The molecule has 0 heterocycles. The predicted molar refractivity (Wildman–Crippen MR) is 190 cm³/mol. The predicted octanol–water partition coefficient (Wildman–Crippen LogP) is 10.1. The number of unbranched alkanes of at least 4 members (excludes halogenated alkanes) is 11. The van der Waals surface area contributed by atoms with Crippen molar-refractivity contribution in [2.75, 3.05) is 0 Å². The van der Waals surface area contributed by atoms with Crippen molar-refractivity contribution in [1.29, 1.82) is 0 Å². The SMILES string of the molecule is C=CCCCC/C=C(/CCCCCCCC)C(=O)O[C@@H]1C[C@H](O)[C@H](C/C=C\CCCC(=O)OC(C)C)[C@H]1CC[C@@H](O)CCCCC. The van der Waals surface area contributed by atoms with E-state index in [-0.39, 0.29) is 42.1 Å². The van der Waals surface area contributed by atoms with Gasteiger partial charge in [-0.1, -0.05) is 89.5 Å². The molecule has 2 N–H and O–H groups in total. The van der Waals surface area contributed by atoms with E-state index < -0.39 is 6.10 Å². The van der Waals surface area contributed by atoms with E-state index in [4.69, 9.17) is 9.47 Å². The molecule has 0 unspecified atom stereocenters. The molecule has 0 spiro atoms. The van der Waals surface area contributed by atoms with Crippen molar-refractivity contribution >= 4 is 11.9 Å². The van der Waals surface area contributed by atoms with Crippen LogP contribution in [0.4, 0.5) is 0 Å². The number of hydrogen-bond acceptors (Lipinski definition) is 6. The summed E-state index contributed by atoms with van der Waals surface area (Å²) in [5, 5.41) is 21.9. The Kier molecular flexibility index (Phi) is 24.8. The molecule has 0 bridgehead atoms. The first-order chi connectivity index (χ1) is 22.2. The van der Waals surface area contributed by atoms with Gasteiger partial charge >= 0.3 is 11.9 Å². The van der Waals surface area contributed by atoms with Crippen molar-refractivity contribution in [1.82, 2.24) is 0 Å². The third-order valence-corrected chi connectivity index (χ3v) is 9.24. The highest BCUT2D eigenvalue weighted by Crippen LogP contribution is 2.41. The highest BCUT2D eigenvalue weighted by atomic mass is 16.5. The average Bonchev–Trinajstić information content (AvgIpc) is 3.30. The van der Waals surface area contributed by atoms with Gasteiger partial charge in [0, 0.05) is 24.3 Å². The Morgan fingerprint density at radius 2 is 1.52 bits per heavy atom. The van der Waals surface area contributed by atoms with Gasteiger partial charge in [-0.2, -0.15) is 0 Å². The van der Waals surface area contributed by atoms with Crippen LogP contribution < -0.4 is 0 Å². The first-order valence-corrected chi connectivity index (χ1v) is 18.9. The fraction of sp³-hybridized carbons (Fsp3) is 0.800. The van der Waals surface area contributed by atoms with Crippen molar-refractivity contribution in [2.24, 2.45) is 11.8 Å². The van der Waals surface area contributed by atoms with Gasteiger partial charge in [0.25, 0.3) is 0 Å². The summed E-state index contributed by atoms with van der Waals surface area (Å²) in [7, 11) is 0. The smallest absolute Gasteiger partial charge is 0.333 e. The van der Waals surface area contributed by atoms with Crippen molar-refractivity contribution in [3.05, 3.63) is 36.5 Å². The quantitative estimate of drug-likeness (QED) is 0.0380. The maximum absolute atomic E-state index is 13.6. The van der Waals surface area contributed by atoms with Crippen LogP contribution in [0.5, 0.6) is 0 Å². The molecule has 0 amide bonds. The topological polar surface area (TPSA) is 93.1 Å². The van der Waals surface area contributed by atoms with Gasteiger partial charge in [0.05, 0.1) is 18.3 Å². The molecule has 0 aromatic carbocycles. The zero-order valence-electron chi connectivity index (χ0n) is 30.1. The van der Waals surface area contributed by atoms with Crippen LogP contribution in [0.3, 0.4) is 0 Å². The second-order valence-corrected chi connectivity index (χ2v) is 13.8. The van der Waals surface area contributed by atoms with Crippen LogP contribution in [-0.4, -0.2) is 46.6 Å². The molecule has 46 heavy (non-hydrogen) atoms. The lowest BCUT2D eigenvalue weighted by molar-refractivity contribution is -0.148. The number of aliphatic hydroxyl groups is 2. The molecule has 6 nitrogen and oxygen atoms in total. The first-order valence-electron chi connectivity index (χ1n) is 18.9. The minimum absolute atomic E-state index is 0.00618. The van der Waals surface area contributed by atoms with Gasteiger partial charge in [-0.25, -0.2) is 4.79 Å². The Morgan fingerprint density at radius 1 is 0.826 bits per heavy atom. The fourth-order valence-electron chi connectivity index (χ4n) is 6.54. The largest absolute Gasteiger partial charge is 0.463 e. The van der Waals surface area contributed by atoms with E-state index in [1.54, 1.807) is 0 Å². The van der Waals surface area contributed by atoms with Gasteiger partial charge in [-0.3, -0.25) is 4.79 Å². The van der Waals surface area contributed by atoms with E-state index in [1.165, 1.54) is 25.7 Å². The molecule has 0 aromatic rings. The molecular formula is C40H70O6. The van der Waals surface area contributed by atoms with Gasteiger partial charge in [-0.05, 0) is 96.8 Å². The third-order valence-electron chi connectivity index (χ3n) is 9.24. The summed E-state index contributed by atoms with van der Waals surface area (Å²) in [4.78, 5) is 25.4. The van der Waals surface area contributed by atoms with E-state index in [0.29, 0.717) is 25.7 Å². The number of hydrogen-bond donors (Lipinski definition) is 2. The van der Waals surface area contributed by atoms with Crippen LogP contribution in [0.25, 0.3) is 0 Å². The lowest BCUT2D eigenvalue weighted by Crippen LogP contribution is -2.27. The zero-order chi connectivity index (χ0) is 34.0. The number of aliphatic hydroxyl groups excluding tert-OH is 2. The Bertz CT molecular complexity index is 862. The Balaban J connectivity index is 2.91. The van der Waals surface area contributed by atoms with E-state index in [2.05, 4.69) is 38.7 Å². The molecular weight excluding hydrogens is 576 g/mol. The second kappa shape index (κ2) is 27.1. The maximum atomic E-state index is 13.6. The average molecular weight is 647 g/mol. The highest BCUT2D eigenvalue weighted by Gasteiger charge is 2.44. The van der Waals surface area contributed by atoms with Crippen LogP contribution in [0.1, 0.15) is 169 Å².